The number of rotatable bonds is 7. The Morgan fingerprint density at radius 1 is 1.43 bits per heavy atom. The van der Waals surface area contributed by atoms with E-state index in [-0.39, 0.29) is 18.2 Å². The molecular weight excluding hydrogens is 288 g/mol. The van der Waals surface area contributed by atoms with Crippen molar-refractivity contribution < 1.29 is 15.0 Å². The summed E-state index contributed by atoms with van der Waals surface area (Å²) in [5.41, 5.74) is 0.782. The van der Waals surface area contributed by atoms with Crippen molar-refractivity contribution >= 4 is 17.7 Å². The van der Waals surface area contributed by atoms with Crippen molar-refractivity contribution in [3.63, 3.8) is 0 Å². The third-order valence-electron chi connectivity index (χ3n) is 3.33. The minimum atomic E-state index is -0.982. The summed E-state index contributed by atoms with van der Waals surface area (Å²) < 4.78 is 1.86. The van der Waals surface area contributed by atoms with Gasteiger partial charge in [-0.15, -0.1) is 0 Å². The van der Waals surface area contributed by atoms with Gasteiger partial charge in [0.05, 0.1) is 18.2 Å². The molecule has 0 amide bonds. The van der Waals surface area contributed by atoms with Gasteiger partial charge in [0.2, 0.25) is 0 Å². The van der Waals surface area contributed by atoms with E-state index in [1.54, 1.807) is 48.4 Å². The number of aromatic nitrogens is 2. The second kappa shape index (κ2) is 7.28. The van der Waals surface area contributed by atoms with E-state index < -0.39 is 5.97 Å². The first kappa shape index (κ1) is 15.6. The zero-order chi connectivity index (χ0) is 15.2. The number of hydrogen-bond donors (Lipinski definition) is 2. The molecule has 5 nitrogen and oxygen atoms in total. The highest BCUT2D eigenvalue weighted by atomic mass is 32.2. The normalized spacial score (nSPS) is 12.3. The van der Waals surface area contributed by atoms with Crippen LogP contribution in [0.25, 0.3) is 11.4 Å². The van der Waals surface area contributed by atoms with E-state index in [1.807, 2.05) is 10.8 Å². The zero-order valence-corrected chi connectivity index (χ0v) is 12.6. The van der Waals surface area contributed by atoms with Crippen molar-refractivity contribution in [2.24, 2.45) is 0 Å². The van der Waals surface area contributed by atoms with Crippen molar-refractivity contribution in [2.45, 2.75) is 12.5 Å². The van der Waals surface area contributed by atoms with Crippen LogP contribution >= 0.6 is 11.8 Å². The molecule has 6 heteroatoms. The summed E-state index contributed by atoms with van der Waals surface area (Å²) in [7, 11) is 0. The number of nitrogens with zero attached hydrogens (tertiary/aromatic N) is 2. The molecule has 0 aliphatic heterocycles. The Bertz CT molecular complexity index is 612. The molecule has 2 rings (SSSR count). The lowest BCUT2D eigenvalue weighted by Gasteiger charge is -2.19. The SMILES string of the molecule is CSCC[C@@H](CO)n1ccnc1-c1ccccc1C(=O)O. The van der Waals surface area contributed by atoms with Crippen LogP contribution in [-0.2, 0) is 0 Å². The van der Waals surface area contributed by atoms with E-state index in [1.165, 1.54) is 0 Å². The maximum absolute atomic E-state index is 11.3. The number of carboxylic acid groups (broad SMARTS) is 1. The van der Waals surface area contributed by atoms with Crippen LogP contribution in [0, 0.1) is 0 Å². The average Bonchev–Trinajstić information content (AvgIpc) is 2.97. The number of aliphatic hydroxyl groups is 1. The number of thioether (sulfide) groups is 1. The summed E-state index contributed by atoms with van der Waals surface area (Å²) in [6.45, 7) is -0.000835. The summed E-state index contributed by atoms with van der Waals surface area (Å²) in [5.74, 6) is 0.515. The van der Waals surface area contributed by atoms with Gasteiger partial charge in [-0.1, -0.05) is 18.2 Å². The van der Waals surface area contributed by atoms with Gasteiger partial charge in [-0.2, -0.15) is 11.8 Å². The summed E-state index contributed by atoms with van der Waals surface area (Å²) in [6, 6.07) is 6.68. The molecule has 2 aromatic rings. The van der Waals surface area contributed by atoms with Gasteiger partial charge in [0, 0.05) is 18.0 Å². The number of carbonyl (C=O) groups is 1. The van der Waals surface area contributed by atoms with Crippen LogP contribution in [0.4, 0.5) is 0 Å². The van der Waals surface area contributed by atoms with Gasteiger partial charge in [-0.3, -0.25) is 0 Å². The Labute approximate surface area is 127 Å². The van der Waals surface area contributed by atoms with Gasteiger partial charge in [0.15, 0.2) is 0 Å². The molecule has 0 bridgehead atoms. The fourth-order valence-corrected chi connectivity index (χ4v) is 2.76. The largest absolute Gasteiger partial charge is 0.478 e. The van der Waals surface area contributed by atoms with Gasteiger partial charge in [0.25, 0.3) is 0 Å². The number of benzene rings is 1. The molecule has 1 atom stereocenters. The van der Waals surface area contributed by atoms with Crippen LogP contribution < -0.4 is 0 Å². The van der Waals surface area contributed by atoms with Crippen LogP contribution in [0.2, 0.25) is 0 Å². The van der Waals surface area contributed by atoms with E-state index in [0.29, 0.717) is 11.4 Å². The average molecular weight is 306 g/mol. The highest BCUT2D eigenvalue weighted by molar-refractivity contribution is 7.98. The summed E-state index contributed by atoms with van der Waals surface area (Å²) >= 11 is 1.71. The lowest BCUT2D eigenvalue weighted by molar-refractivity contribution is 0.0697. The van der Waals surface area contributed by atoms with Crippen molar-refractivity contribution in [3.05, 3.63) is 42.2 Å². The summed E-state index contributed by atoms with van der Waals surface area (Å²) in [4.78, 5) is 15.6. The molecule has 0 aliphatic rings. The Balaban J connectivity index is 2.42. The molecular formula is C15H18N2O3S. The lowest BCUT2D eigenvalue weighted by Crippen LogP contribution is -2.15. The Morgan fingerprint density at radius 2 is 2.19 bits per heavy atom. The first-order valence-corrected chi connectivity index (χ1v) is 8.03. The van der Waals surface area contributed by atoms with E-state index >= 15 is 0 Å². The van der Waals surface area contributed by atoms with Gasteiger partial charge in [-0.25, -0.2) is 9.78 Å². The monoisotopic (exact) mass is 306 g/mol. The smallest absolute Gasteiger partial charge is 0.336 e. The number of hydrogen-bond acceptors (Lipinski definition) is 4. The van der Waals surface area contributed by atoms with E-state index in [9.17, 15) is 15.0 Å². The second-order valence-corrected chi connectivity index (χ2v) is 5.61. The fraction of sp³-hybridized carbons (Fsp3) is 0.333. The van der Waals surface area contributed by atoms with Gasteiger partial charge >= 0.3 is 5.97 Å². The predicted octanol–water partition coefficient (Wildman–Crippen LogP) is 2.53. The van der Waals surface area contributed by atoms with Crippen molar-refractivity contribution in [1.29, 1.82) is 0 Å². The lowest BCUT2D eigenvalue weighted by atomic mass is 10.1. The topological polar surface area (TPSA) is 75.3 Å². The molecule has 0 saturated carbocycles. The van der Waals surface area contributed by atoms with E-state index in [4.69, 9.17) is 0 Å². The van der Waals surface area contributed by atoms with Crippen LogP contribution in [0.1, 0.15) is 22.8 Å². The summed E-state index contributed by atoms with van der Waals surface area (Å²) in [5, 5.41) is 18.9. The molecule has 112 valence electrons. The van der Waals surface area contributed by atoms with Gasteiger partial charge in [0.1, 0.15) is 5.82 Å². The highest BCUT2D eigenvalue weighted by Gasteiger charge is 2.19. The molecule has 1 aromatic heterocycles. The summed E-state index contributed by atoms with van der Waals surface area (Å²) in [6.07, 6.45) is 6.24. The minimum Gasteiger partial charge on any atom is -0.478 e. The van der Waals surface area contributed by atoms with Crippen molar-refractivity contribution in [1.82, 2.24) is 9.55 Å². The zero-order valence-electron chi connectivity index (χ0n) is 11.8. The Hall–Kier alpha value is -1.79. The van der Waals surface area contributed by atoms with E-state index in [0.717, 1.165) is 12.2 Å². The molecule has 1 aromatic carbocycles. The maximum atomic E-state index is 11.3. The maximum Gasteiger partial charge on any atom is 0.336 e. The molecule has 0 aliphatic carbocycles. The Morgan fingerprint density at radius 3 is 2.86 bits per heavy atom. The first-order valence-electron chi connectivity index (χ1n) is 6.64. The van der Waals surface area contributed by atoms with Crippen molar-refractivity contribution in [2.75, 3.05) is 18.6 Å². The van der Waals surface area contributed by atoms with Gasteiger partial charge in [-0.05, 0) is 24.5 Å². The van der Waals surface area contributed by atoms with Crippen LogP contribution in [0.3, 0.4) is 0 Å². The molecule has 1 heterocycles. The van der Waals surface area contributed by atoms with Crippen LogP contribution in [-0.4, -0.2) is 44.3 Å². The van der Waals surface area contributed by atoms with Crippen LogP contribution in [0.5, 0.6) is 0 Å². The Kier molecular flexibility index (Phi) is 5.41. The number of imidazole rings is 1. The second-order valence-electron chi connectivity index (χ2n) is 4.63. The molecule has 0 radical (unpaired) electrons. The third kappa shape index (κ3) is 3.46. The highest BCUT2D eigenvalue weighted by Crippen LogP contribution is 2.26. The first-order chi connectivity index (χ1) is 10.2. The minimum absolute atomic E-state index is 0.000835. The van der Waals surface area contributed by atoms with E-state index in [2.05, 4.69) is 4.98 Å². The van der Waals surface area contributed by atoms with Crippen molar-refractivity contribution in [3.8, 4) is 11.4 Å². The molecule has 0 spiro atoms. The molecule has 0 saturated heterocycles. The van der Waals surface area contributed by atoms with Gasteiger partial charge < -0.3 is 14.8 Å². The number of aromatic carboxylic acids is 1. The molecule has 0 unspecified atom stereocenters. The third-order valence-corrected chi connectivity index (χ3v) is 3.97. The molecule has 21 heavy (non-hydrogen) atoms. The fourth-order valence-electron chi connectivity index (χ4n) is 2.25. The molecule has 0 fully saturated rings. The number of carboxylic acids is 1. The predicted molar refractivity (Wildman–Crippen MR) is 83.7 cm³/mol. The number of aliphatic hydroxyl groups excluding tert-OH is 1. The standard InChI is InChI=1S/C15H18N2O3S/c1-21-9-6-11(10-18)17-8-7-16-14(17)12-4-2-3-5-13(12)15(19)20/h2-5,7-8,11,18H,6,9-10H2,1H3,(H,19,20)/t11-/m0/s1. The quantitative estimate of drug-likeness (QED) is 0.822. The van der Waals surface area contributed by atoms with Crippen LogP contribution in [0.15, 0.2) is 36.7 Å². The molecule has 2 N–H and O–H groups in total.